The number of carbonyl (C=O) groups is 8. The Balaban J connectivity index is 1.81. The zero-order chi connectivity index (χ0) is 45.9. The molecule has 1 aliphatic heterocycles. The molecular formula is C42H63N7O12. The molecule has 7 N–H and O–H groups in total. The highest BCUT2D eigenvalue weighted by molar-refractivity contribution is 5.97. The summed E-state index contributed by atoms with van der Waals surface area (Å²) in [4.78, 5) is 106. The number of carbonyl (C=O) groups excluding carboxylic acids is 7. The largest absolute Gasteiger partial charge is 0.480 e. The average Bonchev–Trinajstić information content (AvgIpc) is 3.76. The molecule has 1 aromatic carbocycles. The number of fused-ring (bicyclic) bond motifs is 1. The first-order valence-corrected chi connectivity index (χ1v) is 20.4. The number of para-hydroxylation sites is 1. The summed E-state index contributed by atoms with van der Waals surface area (Å²) in [5.74, 6) is -5.28. The van der Waals surface area contributed by atoms with Crippen LogP contribution in [0, 0.1) is 0 Å². The number of nitrogens with zero attached hydrogens (tertiary/aromatic N) is 2. The number of benzene rings is 1. The van der Waals surface area contributed by atoms with Crippen molar-refractivity contribution in [3.8, 4) is 0 Å². The Morgan fingerprint density at radius 1 is 0.820 bits per heavy atom. The summed E-state index contributed by atoms with van der Waals surface area (Å²) in [6, 6.07) is 1.66. The van der Waals surface area contributed by atoms with Crippen molar-refractivity contribution in [1.82, 2.24) is 30.7 Å². The van der Waals surface area contributed by atoms with E-state index in [9.17, 15) is 43.5 Å². The Hall–Kier alpha value is -5.72. The molecule has 0 bridgehead atoms. The maximum Gasteiger partial charge on any atom is 0.419 e. The molecule has 19 nitrogen and oxygen atoms in total. The maximum absolute atomic E-state index is 14.2. The van der Waals surface area contributed by atoms with Gasteiger partial charge in [0.2, 0.25) is 23.6 Å². The van der Waals surface area contributed by atoms with E-state index < -0.39 is 102 Å². The SMILES string of the molecule is CC(C)(C)OC(=O)C[C@H](NC(=O)CNC(=O)[C@@H](N)CCCCNC(=O)OC(C)(C)C)C(=O)N[C@@H](Cc1cn(C(=O)OC(C)(C)C)c2ccccc12)C(=O)N1CCC[C@H]1C(=O)O. The lowest BCUT2D eigenvalue weighted by Crippen LogP contribution is -2.57. The zero-order valence-electron chi connectivity index (χ0n) is 36.7. The van der Waals surface area contributed by atoms with Gasteiger partial charge in [0.15, 0.2) is 0 Å². The number of hydrogen-bond acceptors (Lipinski definition) is 12. The summed E-state index contributed by atoms with van der Waals surface area (Å²) in [7, 11) is 0. The van der Waals surface area contributed by atoms with Crippen molar-refractivity contribution in [1.29, 1.82) is 0 Å². The van der Waals surface area contributed by atoms with Crippen molar-refractivity contribution in [2.75, 3.05) is 19.6 Å². The first-order chi connectivity index (χ1) is 28.2. The molecule has 1 aliphatic rings. The number of nitrogens with one attached hydrogen (secondary N) is 4. The van der Waals surface area contributed by atoms with Gasteiger partial charge in [0.05, 0.1) is 24.5 Å². The van der Waals surface area contributed by atoms with Crippen LogP contribution in [-0.2, 0) is 49.4 Å². The fourth-order valence-electron chi connectivity index (χ4n) is 6.48. The minimum atomic E-state index is -1.61. The summed E-state index contributed by atoms with van der Waals surface area (Å²) < 4.78 is 17.5. The van der Waals surface area contributed by atoms with Crippen LogP contribution in [-0.4, -0.2) is 123 Å². The van der Waals surface area contributed by atoms with Crippen LogP contribution in [0.25, 0.3) is 10.9 Å². The normalized spacial score (nSPS) is 15.8. The molecule has 1 fully saturated rings. The molecule has 1 aromatic heterocycles. The molecule has 4 atom stereocenters. The van der Waals surface area contributed by atoms with Gasteiger partial charge >= 0.3 is 24.1 Å². The minimum absolute atomic E-state index is 0.102. The van der Waals surface area contributed by atoms with E-state index in [0.29, 0.717) is 42.3 Å². The molecule has 338 valence electrons. The second kappa shape index (κ2) is 21.2. The molecule has 0 saturated carbocycles. The zero-order valence-corrected chi connectivity index (χ0v) is 36.7. The average molecular weight is 858 g/mol. The number of ether oxygens (including phenoxy) is 3. The number of nitrogens with two attached hydrogens (primary N) is 1. The summed E-state index contributed by atoms with van der Waals surface area (Å²) in [5.41, 5.74) is 4.50. The fraction of sp³-hybridized carbons (Fsp3) is 0.619. The summed E-state index contributed by atoms with van der Waals surface area (Å²) in [6.07, 6.45) is 1.15. The van der Waals surface area contributed by atoms with Crippen LogP contribution in [0.4, 0.5) is 9.59 Å². The van der Waals surface area contributed by atoms with Gasteiger partial charge < -0.3 is 51.2 Å². The van der Waals surface area contributed by atoms with Crippen molar-refractivity contribution in [3.63, 3.8) is 0 Å². The van der Waals surface area contributed by atoms with Crippen LogP contribution in [0.15, 0.2) is 30.5 Å². The van der Waals surface area contributed by atoms with Crippen molar-refractivity contribution < 1.29 is 57.7 Å². The predicted octanol–water partition coefficient (Wildman–Crippen LogP) is 2.88. The highest BCUT2D eigenvalue weighted by Crippen LogP contribution is 2.26. The van der Waals surface area contributed by atoms with Gasteiger partial charge in [-0.3, -0.25) is 28.5 Å². The van der Waals surface area contributed by atoms with Gasteiger partial charge in [-0.15, -0.1) is 0 Å². The van der Waals surface area contributed by atoms with Crippen LogP contribution in [0.5, 0.6) is 0 Å². The summed E-state index contributed by atoms with van der Waals surface area (Å²) in [5, 5.41) is 20.6. The first-order valence-electron chi connectivity index (χ1n) is 20.4. The Bertz CT molecular complexity index is 1920. The third-order valence-electron chi connectivity index (χ3n) is 9.06. The smallest absolute Gasteiger partial charge is 0.419 e. The maximum atomic E-state index is 14.2. The van der Waals surface area contributed by atoms with Gasteiger partial charge in [0.25, 0.3) is 0 Å². The van der Waals surface area contributed by atoms with E-state index in [2.05, 4.69) is 21.3 Å². The molecule has 0 aliphatic carbocycles. The molecule has 1 saturated heterocycles. The molecule has 0 spiro atoms. The number of rotatable bonds is 17. The van der Waals surface area contributed by atoms with Crippen LogP contribution in [0.2, 0.25) is 0 Å². The van der Waals surface area contributed by atoms with E-state index in [1.54, 1.807) is 86.6 Å². The van der Waals surface area contributed by atoms with Crippen LogP contribution in [0.3, 0.4) is 0 Å². The Morgan fingerprint density at radius 3 is 2.08 bits per heavy atom. The number of amides is 5. The number of alkyl carbamates (subject to hydrolysis) is 1. The first kappa shape index (κ1) is 49.6. The fourth-order valence-corrected chi connectivity index (χ4v) is 6.48. The molecule has 61 heavy (non-hydrogen) atoms. The van der Waals surface area contributed by atoms with Crippen molar-refractivity contribution in [2.45, 2.75) is 148 Å². The van der Waals surface area contributed by atoms with Crippen LogP contribution in [0.1, 0.15) is 106 Å². The van der Waals surface area contributed by atoms with Gasteiger partial charge in [-0.05, 0) is 106 Å². The minimum Gasteiger partial charge on any atom is -0.480 e. The summed E-state index contributed by atoms with van der Waals surface area (Å²) in [6.45, 7) is 15.0. The molecule has 0 unspecified atom stereocenters. The van der Waals surface area contributed by atoms with E-state index in [0.717, 1.165) is 4.90 Å². The highest BCUT2D eigenvalue weighted by Gasteiger charge is 2.39. The van der Waals surface area contributed by atoms with Gasteiger partial charge in [-0.25, -0.2) is 14.4 Å². The third-order valence-corrected chi connectivity index (χ3v) is 9.06. The monoisotopic (exact) mass is 857 g/mol. The number of aromatic nitrogens is 1. The van der Waals surface area contributed by atoms with Crippen molar-refractivity contribution >= 4 is 58.7 Å². The molecular weight excluding hydrogens is 794 g/mol. The van der Waals surface area contributed by atoms with Crippen LogP contribution >= 0.6 is 0 Å². The quantitative estimate of drug-likeness (QED) is 0.0760. The Labute approximate surface area is 356 Å². The number of aliphatic carboxylic acids is 1. The van der Waals surface area contributed by atoms with Crippen molar-refractivity contribution in [2.24, 2.45) is 5.73 Å². The van der Waals surface area contributed by atoms with Crippen molar-refractivity contribution in [3.05, 3.63) is 36.0 Å². The standard InChI is InChI=1S/C42H63N7O12/c1-40(2,3)59-33(51)22-28(46-32(50)23-45-34(52)27(43)16-12-13-19-44-38(57)60-41(4,5)6)35(53)47-29(36(54)48-20-14-18-31(48)37(55)56)21-25-24-49(39(58)61-42(7,8)9)30-17-11-10-15-26(25)30/h10-11,15,17,24,27-29,31H,12-14,16,18-23,43H2,1-9H3,(H,44,57)(H,45,52)(H,46,50)(H,47,53)(H,55,56)/t27-,28-,29-,31-/m0/s1. The lowest BCUT2D eigenvalue weighted by Gasteiger charge is -2.29. The van der Waals surface area contributed by atoms with E-state index in [4.69, 9.17) is 19.9 Å². The Kier molecular flexibility index (Phi) is 17.2. The number of hydrogen-bond donors (Lipinski definition) is 6. The van der Waals surface area contributed by atoms with Gasteiger partial charge in [0.1, 0.15) is 34.9 Å². The predicted molar refractivity (Wildman–Crippen MR) is 223 cm³/mol. The molecule has 2 heterocycles. The van der Waals surface area contributed by atoms with E-state index in [1.165, 1.54) is 10.8 Å². The van der Waals surface area contributed by atoms with Gasteiger partial charge in [-0.2, -0.15) is 0 Å². The number of carboxylic acid groups (broad SMARTS) is 1. The number of unbranched alkanes of at least 4 members (excludes halogenated alkanes) is 1. The number of likely N-dealkylation sites (tertiary alicyclic amines) is 1. The molecule has 2 aromatic rings. The number of carboxylic acids is 1. The Morgan fingerprint density at radius 2 is 1.46 bits per heavy atom. The second-order valence-corrected chi connectivity index (χ2v) is 18.0. The van der Waals surface area contributed by atoms with E-state index >= 15 is 0 Å². The molecule has 3 rings (SSSR count). The van der Waals surface area contributed by atoms with Gasteiger partial charge in [-0.1, -0.05) is 18.2 Å². The molecule has 5 amide bonds. The second-order valence-electron chi connectivity index (χ2n) is 18.0. The lowest BCUT2D eigenvalue weighted by molar-refractivity contribution is -0.157. The lowest BCUT2D eigenvalue weighted by atomic mass is 10.0. The molecule has 0 radical (unpaired) electrons. The van der Waals surface area contributed by atoms with E-state index in [-0.39, 0.29) is 25.8 Å². The summed E-state index contributed by atoms with van der Waals surface area (Å²) >= 11 is 0. The van der Waals surface area contributed by atoms with Gasteiger partial charge in [0, 0.05) is 31.1 Å². The topological polar surface area (TPSA) is 267 Å². The number of esters is 1. The van der Waals surface area contributed by atoms with E-state index in [1.807, 2.05) is 0 Å². The molecule has 19 heteroatoms. The van der Waals surface area contributed by atoms with Crippen LogP contribution < -0.4 is 27.0 Å². The highest BCUT2D eigenvalue weighted by atomic mass is 16.6. The third kappa shape index (κ3) is 16.3.